The van der Waals surface area contributed by atoms with E-state index in [0.29, 0.717) is 0 Å². The van der Waals surface area contributed by atoms with E-state index in [1.54, 1.807) is 6.08 Å². The summed E-state index contributed by atoms with van der Waals surface area (Å²) in [5.74, 6) is 0. The zero-order valence-electron chi connectivity index (χ0n) is 5.87. The van der Waals surface area contributed by atoms with Crippen LogP contribution >= 0.6 is 23.2 Å². The lowest BCUT2D eigenvalue weighted by Crippen LogP contribution is -1.75. The molecule has 11 heavy (non-hydrogen) atoms. The number of hydrogen-bond acceptors (Lipinski definition) is 0. The third-order valence-electron chi connectivity index (χ3n) is 1.23. The fourth-order valence-electron chi connectivity index (χ4n) is 0.748. The SMILES string of the molecule is ClC(Cl)C=Cc1ccccc1. The second-order valence-electron chi connectivity index (χ2n) is 2.10. The van der Waals surface area contributed by atoms with Gasteiger partial charge in [0, 0.05) is 0 Å². The van der Waals surface area contributed by atoms with Crippen LogP contribution in [-0.4, -0.2) is 4.84 Å². The molecule has 0 atom stereocenters. The number of alkyl halides is 2. The van der Waals surface area contributed by atoms with E-state index in [2.05, 4.69) is 0 Å². The van der Waals surface area contributed by atoms with E-state index in [1.807, 2.05) is 36.4 Å². The van der Waals surface area contributed by atoms with Crippen LogP contribution in [0.2, 0.25) is 0 Å². The highest BCUT2D eigenvalue weighted by atomic mass is 35.5. The maximum atomic E-state index is 5.51. The Balaban J connectivity index is 2.65. The Morgan fingerprint density at radius 1 is 1.09 bits per heavy atom. The second kappa shape index (κ2) is 4.42. The minimum absolute atomic E-state index is 0.421. The van der Waals surface area contributed by atoms with Gasteiger partial charge in [-0.05, 0) is 5.56 Å². The van der Waals surface area contributed by atoms with Gasteiger partial charge in [0.15, 0.2) is 0 Å². The zero-order valence-corrected chi connectivity index (χ0v) is 7.39. The predicted molar refractivity (Wildman–Crippen MR) is 51.0 cm³/mol. The molecule has 0 heterocycles. The molecule has 0 spiro atoms. The quantitative estimate of drug-likeness (QED) is 0.621. The second-order valence-corrected chi connectivity index (χ2v) is 3.27. The van der Waals surface area contributed by atoms with Gasteiger partial charge in [-0.25, -0.2) is 0 Å². The summed E-state index contributed by atoms with van der Waals surface area (Å²) in [6.07, 6.45) is 3.63. The van der Waals surface area contributed by atoms with Crippen molar-refractivity contribution in [3.05, 3.63) is 42.0 Å². The summed E-state index contributed by atoms with van der Waals surface area (Å²) in [6.45, 7) is 0. The van der Waals surface area contributed by atoms with Gasteiger partial charge in [-0.15, -0.1) is 23.2 Å². The molecule has 0 aliphatic carbocycles. The minimum Gasteiger partial charge on any atom is -0.101 e. The van der Waals surface area contributed by atoms with Gasteiger partial charge in [0.2, 0.25) is 0 Å². The first-order valence-electron chi connectivity index (χ1n) is 3.30. The Hall–Kier alpha value is -0.460. The molecule has 0 aromatic heterocycles. The lowest BCUT2D eigenvalue weighted by molar-refractivity contribution is 1.60. The summed E-state index contributed by atoms with van der Waals surface area (Å²) in [7, 11) is 0. The first-order valence-corrected chi connectivity index (χ1v) is 4.18. The monoisotopic (exact) mass is 186 g/mol. The summed E-state index contributed by atoms with van der Waals surface area (Å²) in [5.41, 5.74) is 1.11. The number of hydrogen-bond donors (Lipinski definition) is 0. The summed E-state index contributed by atoms with van der Waals surface area (Å²) < 4.78 is 0. The fraction of sp³-hybridized carbons (Fsp3) is 0.111. The molecule has 0 aliphatic heterocycles. The molecule has 0 aliphatic rings. The van der Waals surface area contributed by atoms with Crippen molar-refractivity contribution < 1.29 is 0 Å². The van der Waals surface area contributed by atoms with Crippen LogP contribution in [0.4, 0.5) is 0 Å². The minimum atomic E-state index is -0.421. The lowest BCUT2D eigenvalue weighted by atomic mass is 10.2. The van der Waals surface area contributed by atoms with Crippen molar-refractivity contribution in [2.45, 2.75) is 4.84 Å². The van der Waals surface area contributed by atoms with Gasteiger partial charge in [0.1, 0.15) is 4.84 Å². The van der Waals surface area contributed by atoms with Crippen molar-refractivity contribution in [3.63, 3.8) is 0 Å². The van der Waals surface area contributed by atoms with Gasteiger partial charge in [-0.1, -0.05) is 42.5 Å². The molecule has 0 saturated carbocycles. The molecule has 0 bridgehead atoms. The molecule has 0 nitrogen and oxygen atoms in total. The standard InChI is InChI=1S/C9H8Cl2/c10-9(11)7-6-8-4-2-1-3-5-8/h1-7,9H. The molecule has 0 amide bonds. The smallest absolute Gasteiger partial charge is 0.101 e. The van der Waals surface area contributed by atoms with Crippen molar-refractivity contribution in [1.29, 1.82) is 0 Å². The summed E-state index contributed by atoms with van der Waals surface area (Å²) in [6, 6.07) is 9.89. The van der Waals surface area contributed by atoms with E-state index >= 15 is 0 Å². The highest BCUT2D eigenvalue weighted by Crippen LogP contribution is 2.07. The molecular weight excluding hydrogens is 179 g/mol. The van der Waals surface area contributed by atoms with Crippen molar-refractivity contribution in [2.75, 3.05) is 0 Å². The molecule has 0 N–H and O–H groups in total. The van der Waals surface area contributed by atoms with Gasteiger partial charge in [-0.2, -0.15) is 0 Å². The van der Waals surface area contributed by atoms with Crippen LogP contribution in [0.25, 0.3) is 6.08 Å². The maximum Gasteiger partial charge on any atom is 0.126 e. The molecule has 1 rings (SSSR count). The summed E-state index contributed by atoms with van der Waals surface area (Å²) >= 11 is 11.0. The van der Waals surface area contributed by atoms with E-state index in [-0.39, 0.29) is 0 Å². The molecule has 0 radical (unpaired) electrons. The van der Waals surface area contributed by atoms with Crippen molar-refractivity contribution in [3.8, 4) is 0 Å². The topological polar surface area (TPSA) is 0 Å². The Labute approximate surface area is 76.4 Å². The summed E-state index contributed by atoms with van der Waals surface area (Å²) in [5, 5.41) is 0. The molecule has 1 aromatic carbocycles. The van der Waals surface area contributed by atoms with Crippen LogP contribution < -0.4 is 0 Å². The van der Waals surface area contributed by atoms with Crippen LogP contribution in [-0.2, 0) is 0 Å². The van der Waals surface area contributed by atoms with Gasteiger partial charge in [0.25, 0.3) is 0 Å². The molecular formula is C9H8Cl2. The molecule has 2 heteroatoms. The predicted octanol–water partition coefficient (Wildman–Crippen LogP) is 3.50. The van der Waals surface area contributed by atoms with Gasteiger partial charge >= 0.3 is 0 Å². The van der Waals surface area contributed by atoms with Gasteiger partial charge in [0.05, 0.1) is 0 Å². The molecule has 0 unspecified atom stereocenters. The number of rotatable bonds is 2. The normalized spacial score (nSPS) is 11.2. The largest absolute Gasteiger partial charge is 0.126 e. The Kier molecular flexibility index (Phi) is 3.47. The third kappa shape index (κ3) is 3.45. The fourth-order valence-corrected chi connectivity index (χ4v) is 0.893. The Morgan fingerprint density at radius 2 is 1.73 bits per heavy atom. The van der Waals surface area contributed by atoms with E-state index < -0.39 is 4.84 Å². The Morgan fingerprint density at radius 3 is 2.27 bits per heavy atom. The third-order valence-corrected chi connectivity index (χ3v) is 1.52. The summed E-state index contributed by atoms with van der Waals surface area (Å²) in [4.78, 5) is -0.421. The van der Waals surface area contributed by atoms with Crippen molar-refractivity contribution >= 4 is 29.3 Å². The maximum absolute atomic E-state index is 5.51. The Bertz CT molecular complexity index is 227. The van der Waals surface area contributed by atoms with E-state index in [0.717, 1.165) is 5.56 Å². The first-order chi connectivity index (χ1) is 5.29. The van der Waals surface area contributed by atoms with E-state index in [4.69, 9.17) is 23.2 Å². The van der Waals surface area contributed by atoms with Crippen LogP contribution in [0.5, 0.6) is 0 Å². The van der Waals surface area contributed by atoms with Crippen LogP contribution in [0.3, 0.4) is 0 Å². The first kappa shape index (κ1) is 8.63. The van der Waals surface area contributed by atoms with Gasteiger partial charge < -0.3 is 0 Å². The lowest BCUT2D eigenvalue weighted by Gasteiger charge is -1.91. The van der Waals surface area contributed by atoms with Crippen LogP contribution in [0, 0.1) is 0 Å². The van der Waals surface area contributed by atoms with Crippen molar-refractivity contribution in [2.24, 2.45) is 0 Å². The van der Waals surface area contributed by atoms with E-state index in [9.17, 15) is 0 Å². The van der Waals surface area contributed by atoms with Crippen molar-refractivity contribution in [1.82, 2.24) is 0 Å². The van der Waals surface area contributed by atoms with Crippen LogP contribution in [0.15, 0.2) is 36.4 Å². The van der Waals surface area contributed by atoms with Gasteiger partial charge in [-0.3, -0.25) is 0 Å². The highest BCUT2D eigenvalue weighted by Gasteiger charge is 1.88. The number of allylic oxidation sites excluding steroid dienone is 1. The zero-order chi connectivity index (χ0) is 8.10. The number of halogens is 2. The average Bonchev–Trinajstić information content (AvgIpc) is 2.03. The highest BCUT2D eigenvalue weighted by molar-refractivity contribution is 6.45. The molecule has 0 saturated heterocycles. The average molecular weight is 187 g/mol. The van der Waals surface area contributed by atoms with E-state index in [1.165, 1.54) is 0 Å². The number of benzene rings is 1. The molecule has 1 aromatic rings. The molecule has 58 valence electrons. The van der Waals surface area contributed by atoms with Crippen LogP contribution in [0.1, 0.15) is 5.56 Å². The molecule has 0 fully saturated rings.